The fraction of sp³-hybridized carbons (Fsp3) is 0.0303. The Balaban J connectivity index is 1.07. The number of hydrogen-bond acceptors (Lipinski definition) is 2. The minimum absolute atomic E-state index is 0.490. The number of benzene rings is 11. The maximum Gasteiger partial charge on any atom is 0.0746 e. The smallest absolute Gasteiger partial charge is 0.0746 e. The van der Waals surface area contributed by atoms with Crippen LogP contribution in [-0.4, -0.2) is 0 Å². The van der Waals surface area contributed by atoms with Crippen molar-refractivity contribution < 1.29 is 0 Å². The van der Waals surface area contributed by atoms with E-state index in [-0.39, 0.29) is 0 Å². The molecule has 12 aromatic rings. The summed E-state index contributed by atoms with van der Waals surface area (Å²) in [4.78, 5) is 2.67. The highest BCUT2D eigenvalue weighted by Gasteiger charge is 2.54. The molecule has 0 atom stereocenters. The molecule has 0 fully saturated rings. The highest BCUT2D eigenvalue weighted by atomic mass is 32.1. The SMILES string of the molecule is c1ccc2c(c1)-c1ccccc1C21c2ccccc2-c2ccc(N(c3cccc4c3C3(c5ccccc5-c5ccccc53)c3ccccc3-4)c3cc4ccccc4c4c3sc3ccccc34)cc21. The average molecular weight is 878 g/mol. The van der Waals surface area contributed by atoms with Gasteiger partial charge in [-0.15, -0.1) is 11.3 Å². The zero-order chi connectivity index (χ0) is 44.3. The summed E-state index contributed by atoms with van der Waals surface area (Å²) in [6, 6.07) is 90.1. The second-order valence-electron chi connectivity index (χ2n) is 19.0. The molecule has 0 bridgehead atoms. The Bertz CT molecular complexity index is 4060. The number of hydrogen-bond donors (Lipinski definition) is 0. The molecule has 0 saturated heterocycles. The predicted molar refractivity (Wildman–Crippen MR) is 284 cm³/mol. The number of nitrogens with zero attached hydrogens (tertiary/aromatic N) is 1. The molecule has 1 nitrogen and oxygen atoms in total. The van der Waals surface area contributed by atoms with Gasteiger partial charge in [-0.05, 0) is 125 Å². The normalized spacial score (nSPS) is 14.4. The second kappa shape index (κ2) is 13.2. The molecule has 0 radical (unpaired) electrons. The van der Waals surface area contributed by atoms with E-state index in [4.69, 9.17) is 0 Å². The molecular formula is C66H39NS. The predicted octanol–water partition coefficient (Wildman–Crippen LogP) is 17.4. The molecule has 0 unspecified atom stereocenters. The number of rotatable bonds is 3. The summed E-state index contributed by atoms with van der Waals surface area (Å²) >= 11 is 1.92. The van der Waals surface area contributed by atoms with Crippen LogP contribution in [0.2, 0.25) is 0 Å². The Kier molecular flexibility index (Phi) is 7.15. The standard InChI is InChI=1S/C66H39NS/c1-2-19-42-40(18-1)38-60(64-62(42)51-26-9-16-35-61(51)68-64)67(41-36-37-49-47-24-5-12-30-54(47)65(58(49)39-41)52-28-10-3-20-43(52)44-21-4-11-29-53(44)65)59-34-17-27-50-48-25-8-15-33-57(48)66(63(50)59)55-31-13-6-22-45(55)46-23-7-14-32-56(46)66/h1-39H. The van der Waals surface area contributed by atoms with Crippen molar-refractivity contribution >= 4 is 59.3 Å². The number of anilines is 3. The first-order chi connectivity index (χ1) is 33.8. The van der Waals surface area contributed by atoms with Crippen molar-refractivity contribution in [1.82, 2.24) is 0 Å². The molecule has 16 rings (SSSR count). The van der Waals surface area contributed by atoms with Crippen molar-refractivity contribution in [3.05, 3.63) is 281 Å². The highest BCUT2D eigenvalue weighted by molar-refractivity contribution is 7.26. The van der Waals surface area contributed by atoms with E-state index in [0.717, 1.165) is 5.69 Å². The van der Waals surface area contributed by atoms with Crippen molar-refractivity contribution in [2.24, 2.45) is 0 Å². The van der Waals surface area contributed by atoms with Crippen LogP contribution >= 0.6 is 11.3 Å². The lowest BCUT2D eigenvalue weighted by atomic mass is 9.69. The summed E-state index contributed by atoms with van der Waals surface area (Å²) in [5.41, 5.74) is 23.6. The molecule has 4 aliphatic rings. The lowest BCUT2D eigenvalue weighted by Gasteiger charge is -2.36. The van der Waals surface area contributed by atoms with E-state index in [1.807, 2.05) is 11.3 Å². The maximum absolute atomic E-state index is 2.67. The van der Waals surface area contributed by atoms with Gasteiger partial charge in [0.2, 0.25) is 0 Å². The first-order valence-corrected chi connectivity index (χ1v) is 24.6. The van der Waals surface area contributed by atoms with E-state index in [0.29, 0.717) is 0 Å². The number of thiophene rings is 1. The summed E-state index contributed by atoms with van der Waals surface area (Å²) in [5, 5.41) is 5.13. The van der Waals surface area contributed by atoms with Gasteiger partial charge in [-0.1, -0.05) is 206 Å². The Labute approximate surface area is 398 Å². The molecular weight excluding hydrogens is 839 g/mol. The molecule has 1 aromatic heterocycles. The Morgan fingerprint density at radius 2 is 0.750 bits per heavy atom. The topological polar surface area (TPSA) is 3.24 Å². The second-order valence-corrected chi connectivity index (χ2v) is 20.0. The molecule has 2 spiro atoms. The van der Waals surface area contributed by atoms with E-state index in [9.17, 15) is 0 Å². The third-order valence-corrected chi connectivity index (χ3v) is 17.3. The van der Waals surface area contributed by atoms with Crippen molar-refractivity contribution in [3.63, 3.8) is 0 Å². The van der Waals surface area contributed by atoms with E-state index >= 15 is 0 Å². The van der Waals surface area contributed by atoms with Crippen molar-refractivity contribution in [2.45, 2.75) is 10.8 Å². The molecule has 0 N–H and O–H groups in total. The lowest BCUT2D eigenvalue weighted by molar-refractivity contribution is 0.790. The quantitative estimate of drug-likeness (QED) is 0.171. The monoisotopic (exact) mass is 877 g/mol. The van der Waals surface area contributed by atoms with Crippen LogP contribution < -0.4 is 4.90 Å². The molecule has 0 saturated carbocycles. The summed E-state index contributed by atoms with van der Waals surface area (Å²) in [6.45, 7) is 0. The van der Waals surface area contributed by atoms with Crippen LogP contribution in [0.5, 0.6) is 0 Å². The van der Waals surface area contributed by atoms with Gasteiger partial charge in [-0.2, -0.15) is 0 Å². The van der Waals surface area contributed by atoms with Crippen LogP contribution in [0.3, 0.4) is 0 Å². The van der Waals surface area contributed by atoms with E-state index in [2.05, 4.69) is 241 Å². The summed E-state index contributed by atoms with van der Waals surface area (Å²) in [7, 11) is 0. The van der Waals surface area contributed by atoms with Crippen LogP contribution in [0.25, 0.3) is 75.5 Å². The van der Waals surface area contributed by atoms with Gasteiger partial charge >= 0.3 is 0 Å². The Morgan fingerprint density at radius 3 is 1.32 bits per heavy atom. The zero-order valence-corrected chi connectivity index (χ0v) is 37.7. The molecule has 11 aromatic carbocycles. The Morgan fingerprint density at radius 1 is 0.309 bits per heavy atom. The van der Waals surface area contributed by atoms with Crippen LogP contribution in [0.15, 0.2) is 237 Å². The molecule has 68 heavy (non-hydrogen) atoms. The van der Waals surface area contributed by atoms with Gasteiger partial charge in [-0.3, -0.25) is 0 Å². The van der Waals surface area contributed by atoms with Gasteiger partial charge in [0.05, 0.1) is 26.9 Å². The Hall–Kier alpha value is -8.30. The first kappa shape index (κ1) is 36.9. The molecule has 0 amide bonds. The summed E-state index contributed by atoms with van der Waals surface area (Å²) in [5.74, 6) is 0. The van der Waals surface area contributed by atoms with Gasteiger partial charge < -0.3 is 4.90 Å². The fourth-order valence-electron chi connectivity index (χ4n) is 13.7. The zero-order valence-electron chi connectivity index (χ0n) is 36.9. The average Bonchev–Trinajstić information content (AvgIpc) is 4.18. The maximum atomic E-state index is 2.67. The van der Waals surface area contributed by atoms with Crippen LogP contribution in [0, 0.1) is 0 Å². The molecule has 0 aliphatic heterocycles. The van der Waals surface area contributed by atoms with Gasteiger partial charge in [0.1, 0.15) is 0 Å². The molecule has 314 valence electrons. The molecule has 2 heteroatoms. The van der Waals surface area contributed by atoms with Crippen molar-refractivity contribution in [2.75, 3.05) is 4.90 Å². The third kappa shape index (κ3) is 4.34. The van der Waals surface area contributed by atoms with Gasteiger partial charge in [0, 0.05) is 26.7 Å². The first-order valence-electron chi connectivity index (χ1n) is 23.8. The third-order valence-electron chi connectivity index (χ3n) is 16.1. The largest absolute Gasteiger partial charge is 0.309 e. The summed E-state index contributed by atoms with van der Waals surface area (Å²) < 4.78 is 2.58. The minimum atomic E-state index is -0.554. The van der Waals surface area contributed by atoms with E-state index < -0.39 is 10.8 Å². The van der Waals surface area contributed by atoms with Crippen LogP contribution in [0.1, 0.15) is 44.5 Å². The molecule has 4 aliphatic carbocycles. The van der Waals surface area contributed by atoms with Crippen molar-refractivity contribution in [1.29, 1.82) is 0 Å². The van der Waals surface area contributed by atoms with E-state index in [1.54, 1.807) is 0 Å². The molecule has 1 heterocycles. The number of fused-ring (bicyclic) bond motifs is 25. The fourth-order valence-corrected chi connectivity index (χ4v) is 14.9. The van der Waals surface area contributed by atoms with Gasteiger partial charge in [0.25, 0.3) is 0 Å². The van der Waals surface area contributed by atoms with E-state index in [1.165, 1.54) is 131 Å². The highest BCUT2D eigenvalue weighted by Crippen LogP contribution is 2.67. The van der Waals surface area contributed by atoms with Crippen molar-refractivity contribution in [3.8, 4) is 44.5 Å². The summed E-state index contributed by atoms with van der Waals surface area (Å²) in [6.07, 6.45) is 0. The van der Waals surface area contributed by atoms with Crippen LogP contribution in [0.4, 0.5) is 17.1 Å². The lowest BCUT2D eigenvalue weighted by Crippen LogP contribution is -2.28. The van der Waals surface area contributed by atoms with Gasteiger partial charge in [-0.25, -0.2) is 0 Å². The van der Waals surface area contributed by atoms with Gasteiger partial charge in [0.15, 0.2) is 0 Å². The minimum Gasteiger partial charge on any atom is -0.309 e. The van der Waals surface area contributed by atoms with Crippen LogP contribution in [-0.2, 0) is 10.8 Å².